The molecule has 0 bridgehead atoms. The molecule has 0 atom stereocenters. The third-order valence-electron chi connectivity index (χ3n) is 5.22. The van der Waals surface area contributed by atoms with E-state index in [1.807, 2.05) is 6.07 Å². The minimum atomic E-state index is -0.482. The van der Waals surface area contributed by atoms with E-state index in [1.165, 1.54) is 17.2 Å². The molecule has 31 heavy (non-hydrogen) atoms. The molecule has 0 saturated carbocycles. The van der Waals surface area contributed by atoms with Crippen LogP contribution >= 0.6 is 11.3 Å². The molecule has 0 aliphatic heterocycles. The predicted octanol–water partition coefficient (Wildman–Crippen LogP) is 4.60. The van der Waals surface area contributed by atoms with Crippen molar-refractivity contribution in [1.29, 1.82) is 0 Å². The number of ether oxygens (including phenoxy) is 1. The Morgan fingerprint density at radius 2 is 1.84 bits per heavy atom. The van der Waals surface area contributed by atoms with E-state index in [0.717, 1.165) is 25.1 Å². The van der Waals surface area contributed by atoms with Crippen LogP contribution in [0, 0.1) is 0 Å². The summed E-state index contributed by atoms with van der Waals surface area (Å²) in [6, 6.07) is 17.2. The number of rotatable bonds is 9. The van der Waals surface area contributed by atoms with Crippen molar-refractivity contribution in [2.45, 2.75) is 26.2 Å². The summed E-state index contributed by atoms with van der Waals surface area (Å²) >= 11 is 1.74. The van der Waals surface area contributed by atoms with Crippen LogP contribution in [0.4, 0.5) is 0 Å². The third kappa shape index (κ3) is 5.61. The molecule has 0 aliphatic rings. The number of hydrogen-bond donors (Lipinski definition) is 1. The van der Waals surface area contributed by atoms with E-state index in [9.17, 15) is 9.90 Å². The highest BCUT2D eigenvalue weighted by molar-refractivity contribution is 7.07. The van der Waals surface area contributed by atoms with E-state index < -0.39 is 5.63 Å². The lowest BCUT2D eigenvalue weighted by Gasteiger charge is -2.16. The summed E-state index contributed by atoms with van der Waals surface area (Å²) in [7, 11) is 2.14. The number of nitrogens with zero attached hydrogens (tertiary/aromatic N) is 1. The van der Waals surface area contributed by atoms with E-state index in [1.54, 1.807) is 23.5 Å². The van der Waals surface area contributed by atoms with Gasteiger partial charge in [0.05, 0.1) is 6.61 Å². The van der Waals surface area contributed by atoms with Gasteiger partial charge in [0.25, 0.3) is 0 Å². The van der Waals surface area contributed by atoms with Gasteiger partial charge in [-0.05, 0) is 64.7 Å². The second kappa shape index (κ2) is 9.92. The van der Waals surface area contributed by atoms with Gasteiger partial charge >= 0.3 is 5.63 Å². The summed E-state index contributed by atoms with van der Waals surface area (Å²) in [5.74, 6) is 0.614. The number of fused-ring (bicyclic) bond motifs is 1. The van der Waals surface area contributed by atoms with Crippen LogP contribution in [-0.4, -0.2) is 23.6 Å². The molecule has 1 N–H and O–H groups in total. The average Bonchev–Trinajstić information content (AvgIpc) is 3.30. The van der Waals surface area contributed by atoms with Crippen LogP contribution in [0.3, 0.4) is 0 Å². The molecule has 0 saturated heterocycles. The first-order valence-corrected chi connectivity index (χ1v) is 11.1. The first kappa shape index (κ1) is 21.3. The van der Waals surface area contributed by atoms with Gasteiger partial charge in [-0.1, -0.05) is 24.3 Å². The van der Waals surface area contributed by atoms with Crippen molar-refractivity contribution in [1.82, 2.24) is 4.90 Å². The SMILES string of the molecule is CN(CCc1ccsc1)Cc1ccc(COc2ccc3c(CO)cc(=O)oc3c2)cc1. The molecule has 2 aromatic carbocycles. The molecule has 0 unspecified atom stereocenters. The largest absolute Gasteiger partial charge is 0.489 e. The molecule has 2 aromatic heterocycles. The standard InChI is InChI=1S/C25H25NO4S/c1-26(10-8-20-9-11-31-17-20)14-18-2-4-19(5-3-18)16-29-22-6-7-23-21(15-27)12-25(28)30-24(23)13-22/h2-7,9,11-13,17,27H,8,10,14-16H2,1H3. The molecular formula is C25H25NO4S. The maximum atomic E-state index is 11.6. The zero-order valence-electron chi connectivity index (χ0n) is 17.4. The highest BCUT2D eigenvalue weighted by Crippen LogP contribution is 2.23. The lowest BCUT2D eigenvalue weighted by atomic mass is 10.1. The molecule has 0 fully saturated rings. The van der Waals surface area contributed by atoms with Gasteiger partial charge in [-0.2, -0.15) is 11.3 Å². The normalized spacial score (nSPS) is 11.3. The third-order valence-corrected chi connectivity index (χ3v) is 5.95. The van der Waals surface area contributed by atoms with Gasteiger partial charge in [0.2, 0.25) is 0 Å². The average molecular weight is 436 g/mol. The molecule has 6 heteroatoms. The van der Waals surface area contributed by atoms with E-state index in [-0.39, 0.29) is 6.61 Å². The molecule has 4 aromatic rings. The van der Waals surface area contributed by atoms with Crippen molar-refractivity contribution in [3.05, 3.63) is 98.0 Å². The van der Waals surface area contributed by atoms with Crippen molar-refractivity contribution >= 4 is 22.3 Å². The lowest BCUT2D eigenvalue weighted by molar-refractivity contribution is 0.282. The minimum Gasteiger partial charge on any atom is -0.489 e. The first-order chi connectivity index (χ1) is 15.1. The Hall–Kier alpha value is -2.93. The Bertz CT molecular complexity index is 1180. The van der Waals surface area contributed by atoms with Crippen molar-refractivity contribution in [3.8, 4) is 5.75 Å². The number of aliphatic hydroxyl groups is 1. The number of hydrogen-bond acceptors (Lipinski definition) is 6. The van der Waals surface area contributed by atoms with Crippen LogP contribution in [0.15, 0.2) is 74.6 Å². The summed E-state index contributed by atoms with van der Waals surface area (Å²) < 4.78 is 11.1. The fourth-order valence-electron chi connectivity index (χ4n) is 3.48. The van der Waals surface area contributed by atoms with Crippen molar-refractivity contribution in [3.63, 3.8) is 0 Å². The van der Waals surface area contributed by atoms with Gasteiger partial charge in [-0.3, -0.25) is 0 Å². The molecule has 2 heterocycles. The van der Waals surface area contributed by atoms with E-state index >= 15 is 0 Å². The highest BCUT2D eigenvalue weighted by Gasteiger charge is 2.07. The predicted molar refractivity (Wildman–Crippen MR) is 124 cm³/mol. The Labute approximate surface area is 185 Å². The fraction of sp³-hybridized carbons (Fsp3) is 0.240. The molecule has 160 valence electrons. The minimum absolute atomic E-state index is 0.210. The number of thiophene rings is 1. The fourth-order valence-corrected chi connectivity index (χ4v) is 4.19. The van der Waals surface area contributed by atoms with Crippen molar-refractivity contribution in [2.75, 3.05) is 13.6 Å². The molecule has 0 spiro atoms. The van der Waals surface area contributed by atoms with Gasteiger partial charge in [0, 0.05) is 30.6 Å². The number of aliphatic hydroxyl groups excluding tert-OH is 1. The van der Waals surface area contributed by atoms with Crippen LogP contribution < -0.4 is 10.4 Å². The first-order valence-electron chi connectivity index (χ1n) is 10.2. The molecule has 5 nitrogen and oxygen atoms in total. The van der Waals surface area contributed by atoms with Crippen LogP contribution in [0.2, 0.25) is 0 Å². The number of likely N-dealkylation sites (N-methyl/N-ethyl adjacent to an activating group) is 1. The smallest absolute Gasteiger partial charge is 0.336 e. The van der Waals surface area contributed by atoms with Gasteiger partial charge in [0.15, 0.2) is 0 Å². The zero-order chi connectivity index (χ0) is 21.6. The summed E-state index contributed by atoms with van der Waals surface area (Å²) in [5, 5.41) is 14.5. The molecule has 0 amide bonds. The Balaban J connectivity index is 1.33. The van der Waals surface area contributed by atoms with Crippen LogP contribution in [0.1, 0.15) is 22.3 Å². The summed E-state index contributed by atoms with van der Waals surface area (Å²) in [4.78, 5) is 14.0. The lowest BCUT2D eigenvalue weighted by Crippen LogP contribution is -2.20. The highest BCUT2D eigenvalue weighted by atomic mass is 32.1. The summed E-state index contributed by atoms with van der Waals surface area (Å²) in [5.41, 5.74) is 4.20. The van der Waals surface area contributed by atoms with Gasteiger partial charge in [-0.25, -0.2) is 4.79 Å². The summed E-state index contributed by atoms with van der Waals surface area (Å²) in [6.07, 6.45) is 1.07. The van der Waals surface area contributed by atoms with E-state index in [4.69, 9.17) is 9.15 Å². The van der Waals surface area contributed by atoms with Crippen LogP contribution in [-0.2, 0) is 26.2 Å². The monoisotopic (exact) mass is 435 g/mol. The maximum absolute atomic E-state index is 11.6. The van der Waals surface area contributed by atoms with Gasteiger partial charge < -0.3 is 19.2 Å². The second-order valence-corrected chi connectivity index (χ2v) is 8.41. The Kier molecular flexibility index (Phi) is 6.82. The Morgan fingerprint density at radius 3 is 2.58 bits per heavy atom. The second-order valence-electron chi connectivity index (χ2n) is 7.63. The Morgan fingerprint density at radius 1 is 1.03 bits per heavy atom. The van der Waals surface area contributed by atoms with Crippen LogP contribution in [0.25, 0.3) is 11.0 Å². The zero-order valence-corrected chi connectivity index (χ0v) is 18.2. The maximum Gasteiger partial charge on any atom is 0.336 e. The summed E-state index contributed by atoms with van der Waals surface area (Å²) in [6.45, 7) is 2.14. The van der Waals surface area contributed by atoms with Crippen molar-refractivity contribution < 1.29 is 14.3 Å². The van der Waals surface area contributed by atoms with Gasteiger partial charge in [0.1, 0.15) is 17.9 Å². The molecule has 0 aliphatic carbocycles. The molecular weight excluding hydrogens is 410 g/mol. The topological polar surface area (TPSA) is 62.9 Å². The van der Waals surface area contributed by atoms with Gasteiger partial charge in [-0.15, -0.1) is 0 Å². The number of benzene rings is 2. The van der Waals surface area contributed by atoms with Crippen LogP contribution in [0.5, 0.6) is 5.75 Å². The van der Waals surface area contributed by atoms with Crippen molar-refractivity contribution in [2.24, 2.45) is 0 Å². The quantitative estimate of drug-likeness (QED) is 0.389. The molecule has 0 radical (unpaired) electrons. The van der Waals surface area contributed by atoms with E-state index in [2.05, 4.69) is 53.0 Å². The molecule has 4 rings (SSSR count). The van der Waals surface area contributed by atoms with E-state index in [0.29, 0.717) is 28.9 Å².